The SMILES string of the molecule is CCOCCCC1CNCCC1O. The van der Waals surface area contributed by atoms with E-state index in [0.717, 1.165) is 45.6 Å². The fourth-order valence-electron chi connectivity index (χ4n) is 1.80. The van der Waals surface area contributed by atoms with Crippen molar-refractivity contribution in [2.24, 2.45) is 5.92 Å². The largest absolute Gasteiger partial charge is 0.393 e. The lowest BCUT2D eigenvalue weighted by Gasteiger charge is -2.28. The van der Waals surface area contributed by atoms with Crippen LogP contribution >= 0.6 is 0 Å². The van der Waals surface area contributed by atoms with Crippen LogP contribution in [0.25, 0.3) is 0 Å². The smallest absolute Gasteiger partial charge is 0.0592 e. The highest BCUT2D eigenvalue weighted by atomic mass is 16.5. The molecular weight excluding hydrogens is 166 g/mol. The number of aliphatic hydroxyl groups excluding tert-OH is 1. The monoisotopic (exact) mass is 187 g/mol. The number of hydrogen-bond acceptors (Lipinski definition) is 3. The van der Waals surface area contributed by atoms with Gasteiger partial charge in [-0.05, 0) is 38.6 Å². The zero-order chi connectivity index (χ0) is 9.52. The minimum absolute atomic E-state index is 0.0946. The first-order valence-electron chi connectivity index (χ1n) is 5.31. The normalized spacial score (nSPS) is 29.1. The van der Waals surface area contributed by atoms with E-state index in [4.69, 9.17) is 4.74 Å². The van der Waals surface area contributed by atoms with Gasteiger partial charge in [-0.2, -0.15) is 0 Å². The number of hydrogen-bond donors (Lipinski definition) is 2. The molecule has 0 aliphatic carbocycles. The van der Waals surface area contributed by atoms with Crippen LogP contribution in [0, 0.1) is 5.92 Å². The molecule has 0 aromatic carbocycles. The molecule has 78 valence electrons. The molecule has 2 N–H and O–H groups in total. The Balaban J connectivity index is 2.05. The third kappa shape index (κ3) is 4.07. The minimum Gasteiger partial charge on any atom is -0.393 e. The molecule has 0 bridgehead atoms. The molecule has 3 heteroatoms. The zero-order valence-corrected chi connectivity index (χ0v) is 8.46. The molecule has 1 rings (SSSR count). The summed E-state index contributed by atoms with van der Waals surface area (Å²) in [6, 6.07) is 0. The van der Waals surface area contributed by atoms with Crippen LogP contribution < -0.4 is 5.32 Å². The molecule has 1 fully saturated rings. The maximum atomic E-state index is 9.64. The first-order chi connectivity index (χ1) is 6.34. The Bertz CT molecular complexity index is 130. The average Bonchev–Trinajstić information content (AvgIpc) is 2.15. The van der Waals surface area contributed by atoms with Crippen LogP contribution in [0.1, 0.15) is 26.2 Å². The lowest BCUT2D eigenvalue weighted by atomic mass is 9.92. The van der Waals surface area contributed by atoms with E-state index >= 15 is 0 Å². The summed E-state index contributed by atoms with van der Waals surface area (Å²) in [7, 11) is 0. The van der Waals surface area contributed by atoms with Crippen molar-refractivity contribution in [1.29, 1.82) is 0 Å². The van der Waals surface area contributed by atoms with Gasteiger partial charge in [0.1, 0.15) is 0 Å². The van der Waals surface area contributed by atoms with Gasteiger partial charge in [-0.15, -0.1) is 0 Å². The van der Waals surface area contributed by atoms with E-state index in [-0.39, 0.29) is 6.10 Å². The number of piperidine rings is 1. The molecular formula is C10H21NO2. The van der Waals surface area contributed by atoms with Crippen LogP contribution in [0.4, 0.5) is 0 Å². The Morgan fingerprint density at radius 1 is 1.54 bits per heavy atom. The molecule has 13 heavy (non-hydrogen) atoms. The fraction of sp³-hybridized carbons (Fsp3) is 1.00. The zero-order valence-electron chi connectivity index (χ0n) is 8.46. The Labute approximate surface area is 80.5 Å². The van der Waals surface area contributed by atoms with Crippen LogP contribution in [0.15, 0.2) is 0 Å². The summed E-state index contributed by atoms with van der Waals surface area (Å²) in [5, 5.41) is 12.9. The van der Waals surface area contributed by atoms with Crippen LogP contribution in [0.5, 0.6) is 0 Å². The van der Waals surface area contributed by atoms with Crippen molar-refractivity contribution in [2.75, 3.05) is 26.3 Å². The van der Waals surface area contributed by atoms with Gasteiger partial charge >= 0.3 is 0 Å². The van der Waals surface area contributed by atoms with Crippen molar-refractivity contribution in [3.8, 4) is 0 Å². The predicted octanol–water partition coefficient (Wildman–Crippen LogP) is 0.773. The van der Waals surface area contributed by atoms with Gasteiger partial charge in [0, 0.05) is 19.8 Å². The maximum absolute atomic E-state index is 9.64. The fourth-order valence-corrected chi connectivity index (χ4v) is 1.80. The summed E-state index contributed by atoms with van der Waals surface area (Å²) in [5.41, 5.74) is 0. The van der Waals surface area contributed by atoms with Gasteiger partial charge in [-0.3, -0.25) is 0 Å². The second-order valence-electron chi connectivity index (χ2n) is 3.66. The molecule has 1 aliphatic rings. The highest BCUT2D eigenvalue weighted by molar-refractivity contribution is 4.76. The van der Waals surface area contributed by atoms with Crippen molar-refractivity contribution in [1.82, 2.24) is 5.32 Å². The Morgan fingerprint density at radius 3 is 3.08 bits per heavy atom. The Morgan fingerprint density at radius 2 is 2.38 bits per heavy atom. The van der Waals surface area contributed by atoms with Gasteiger partial charge < -0.3 is 15.2 Å². The molecule has 0 saturated carbocycles. The number of nitrogens with one attached hydrogen (secondary N) is 1. The minimum atomic E-state index is -0.0946. The van der Waals surface area contributed by atoms with E-state index in [1.165, 1.54) is 0 Å². The highest BCUT2D eigenvalue weighted by Crippen LogP contribution is 2.16. The summed E-state index contributed by atoms with van der Waals surface area (Å²) >= 11 is 0. The summed E-state index contributed by atoms with van der Waals surface area (Å²) in [6.07, 6.45) is 2.95. The van der Waals surface area contributed by atoms with Crippen LogP contribution in [0.2, 0.25) is 0 Å². The van der Waals surface area contributed by atoms with Gasteiger partial charge in [0.05, 0.1) is 6.10 Å². The van der Waals surface area contributed by atoms with Crippen molar-refractivity contribution in [2.45, 2.75) is 32.3 Å². The van der Waals surface area contributed by atoms with Crippen molar-refractivity contribution in [3.05, 3.63) is 0 Å². The van der Waals surface area contributed by atoms with Gasteiger partial charge in [0.2, 0.25) is 0 Å². The number of aliphatic hydroxyl groups is 1. The van der Waals surface area contributed by atoms with Gasteiger partial charge in [-0.25, -0.2) is 0 Å². The van der Waals surface area contributed by atoms with Gasteiger partial charge in [-0.1, -0.05) is 0 Å². The standard InChI is InChI=1S/C10H21NO2/c1-2-13-7-3-4-9-8-11-6-5-10(9)12/h9-12H,2-8H2,1H3. The second-order valence-corrected chi connectivity index (χ2v) is 3.66. The molecule has 0 aromatic heterocycles. The average molecular weight is 187 g/mol. The topological polar surface area (TPSA) is 41.5 Å². The van der Waals surface area contributed by atoms with Gasteiger partial charge in [0.25, 0.3) is 0 Å². The highest BCUT2D eigenvalue weighted by Gasteiger charge is 2.21. The van der Waals surface area contributed by atoms with E-state index in [0.29, 0.717) is 5.92 Å². The molecule has 2 atom stereocenters. The molecule has 0 spiro atoms. The lowest BCUT2D eigenvalue weighted by molar-refractivity contribution is 0.0650. The summed E-state index contributed by atoms with van der Waals surface area (Å²) in [4.78, 5) is 0. The molecule has 2 unspecified atom stereocenters. The Kier molecular flexibility index (Phi) is 5.35. The van der Waals surface area contributed by atoms with E-state index in [1.54, 1.807) is 0 Å². The number of ether oxygens (including phenoxy) is 1. The van der Waals surface area contributed by atoms with E-state index in [9.17, 15) is 5.11 Å². The Hall–Kier alpha value is -0.120. The van der Waals surface area contributed by atoms with Crippen molar-refractivity contribution >= 4 is 0 Å². The van der Waals surface area contributed by atoms with Crippen LogP contribution in [-0.2, 0) is 4.74 Å². The van der Waals surface area contributed by atoms with E-state index in [1.807, 2.05) is 6.92 Å². The van der Waals surface area contributed by atoms with E-state index < -0.39 is 0 Å². The third-order valence-electron chi connectivity index (χ3n) is 2.64. The van der Waals surface area contributed by atoms with Crippen LogP contribution in [-0.4, -0.2) is 37.5 Å². The first kappa shape index (κ1) is 11.0. The number of rotatable bonds is 5. The maximum Gasteiger partial charge on any atom is 0.0592 e. The molecule has 1 saturated heterocycles. The molecule has 0 aromatic rings. The third-order valence-corrected chi connectivity index (χ3v) is 2.64. The summed E-state index contributed by atoms with van der Waals surface area (Å²) in [5.74, 6) is 0.439. The quantitative estimate of drug-likeness (QED) is 0.625. The van der Waals surface area contributed by atoms with Crippen LogP contribution in [0.3, 0.4) is 0 Å². The molecule has 3 nitrogen and oxygen atoms in total. The second kappa shape index (κ2) is 6.35. The van der Waals surface area contributed by atoms with Crippen molar-refractivity contribution in [3.63, 3.8) is 0 Å². The first-order valence-corrected chi connectivity index (χ1v) is 5.31. The van der Waals surface area contributed by atoms with Crippen molar-refractivity contribution < 1.29 is 9.84 Å². The molecule has 0 radical (unpaired) electrons. The molecule has 0 amide bonds. The molecule has 1 heterocycles. The van der Waals surface area contributed by atoms with E-state index in [2.05, 4.69) is 5.32 Å². The molecule has 1 aliphatic heterocycles. The summed E-state index contributed by atoms with van der Waals surface area (Å²) < 4.78 is 5.26. The lowest BCUT2D eigenvalue weighted by Crippen LogP contribution is -2.39. The summed E-state index contributed by atoms with van der Waals surface area (Å²) in [6.45, 7) is 5.57. The predicted molar refractivity (Wildman–Crippen MR) is 52.7 cm³/mol. The van der Waals surface area contributed by atoms with Gasteiger partial charge in [0.15, 0.2) is 0 Å².